The summed E-state index contributed by atoms with van der Waals surface area (Å²) in [6.07, 6.45) is 0. The van der Waals surface area contributed by atoms with Crippen LogP contribution in [0, 0.1) is 0 Å². The highest BCUT2D eigenvalue weighted by Gasteiger charge is 2.16. The third-order valence-corrected chi connectivity index (χ3v) is 4.83. The van der Waals surface area contributed by atoms with E-state index in [1.54, 1.807) is 7.11 Å². The Hall–Kier alpha value is -1.88. The van der Waals surface area contributed by atoms with Gasteiger partial charge in [-0.3, -0.25) is 9.80 Å². The van der Waals surface area contributed by atoms with E-state index in [1.807, 2.05) is 12.1 Å². The van der Waals surface area contributed by atoms with E-state index in [4.69, 9.17) is 4.74 Å². The van der Waals surface area contributed by atoms with Gasteiger partial charge >= 0.3 is 0 Å². The minimum Gasteiger partial charge on any atom is -0.496 e. The van der Waals surface area contributed by atoms with Crippen molar-refractivity contribution < 1.29 is 4.74 Å². The zero-order valence-electron chi connectivity index (χ0n) is 15.2. The highest BCUT2D eigenvalue weighted by Crippen LogP contribution is 2.16. The number of ether oxygens (including phenoxy) is 1. The molecule has 1 saturated heterocycles. The molecule has 1 heterocycles. The Morgan fingerprint density at radius 3 is 2.32 bits per heavy atom. The van der Waals surface area contributed by atoms with Crippen molar-refractivity contribution >= 4 is 0 Å². The molecule has 2 aromatic rings. The Labute approximate surface area is 151 Å². The molecular formula is C21H29N3O. The van der Waals surface area contributed by atoms with Gasteiger partial charge in [-0.05, 0) is 11.6 Å². The number of benzene rings is 2. The molecule has 0 aliphatic carbocycles. The van der Waals surface area contributed by atoms with Crippen LogP contribution in [0.5, 0.6) is 5.75 Å². The highest BCUT2D eigenvalue weighted by atomic mass is 16.5. The Balaban J connectivity index is 1.33. The third kappa shape index (κ3) is 5.56. The number of nitrogens with zero attached hydrogens (tertiary/aromatic N) is 2. The van der Waals surface area contributed by atoms with E-state index in [0.29, 0.717) is 0 Å². The van der Waals surface area contributed by atoms with Crippen LogP contribution in [0.2, 0.25) is 0 Å². The molecule has 1 N–H and O–H groups in total. The maximum Gasteiger partial charge on any atom is 0.123 e. The van der Waals surface area contributed by atoms with Crippen molar-refractivity contribution in [1.29, 1.82) is 0 Å². The molecule has 3 rings (SSSR count). The van der Waals surface area contributed by atoms with Crippen LogP contribution >= 0.6 is 0 Å². The maximum absolute atomic E-state index is 5.40. The van der Waals surface area contributed by atoms with E-state index in [-0.39, 0.29) is 0 Å². The number of hydrogen-bond acceptors (Lipinski definition) is 4. The first-order chi connectivity index (χ1) is 12.3. The number of piperazine rings is 1. The number of methoxy groups -OCH3 is 1. The minimum atomic E-state index is 0.859. The van der Waals surface area contributed by atoms with Crippen LogP contribution in [-0.2, 0) is 13.1 Å². The summed E-state index contributed by atoms with van der Waals surface area (Å²) in [5.41, 5.74) is 2.63. The van der Waals surface area contributed by atoms with Crippen molar-refractivity contribution in [3.05, 3.63) is 65.7 Å². The molecule has 1 fully saturated rings. The van der Waals surface area contributed by atoms with Crippen LogP contribution in [-0.4, -0.2) is 56.2 Å². The van der Waals surface area contributed by atoms with Gasteiger partial charge in [0.25, 0.3) is 0 Å². The van der Waals surface area contributed by atoms with Crippen LogP contribution < -0.4 is 10.1 Å². The number of rotatable bonds is 8. The molecule has 0 saturated carbocycles. The fraction of sp³-hybridized carbons (Fsp3) is 0.429. The Morgan fingerprint density at radius 2 is 1.56 bits per heavy atom. The molecule has 0 amide bonds. The first-order valence-electron chi connectivity index (χ1n) is 9.16. The van der Waals surface area contributed by atoms with Gasteiger partial charge in [0.1, 0.15) is 5.75 Å². The molecule has 1 aliphatic rings. The van der Waals surface area contributed by atoms with E-state index in [0.717, 1.165) is 58.1 Å². The molecule has 2 aromatic carbocycles. The van der Waals surface area contributed by atoms with Crippen LogP contribution in [0.1, 0.15) is 11.1 Å². The van der Waals surface area contributed by atoms with Crippen molar-refractivity contribution in [1.82, 2.24) is 15.1 Å². The molecule has 0 unspecified atom stereocenters. The lowest BCUT2D eigenvalue weighted by Crippen LogP contribution is -2.47. The Kier molecular flexibility index (Phi) is 6.86. The highest BCUT2D eigenvalue weighted by molar-refractivity contribution is 5.32. The SMILES string of the molecule is COc1ccccc1CNCCN1CCN(Cc2ccccc2)CC1. The number of nitrogens with one attached hydrogen (secondary N) is 1. The van der Waals surface area contributed by atoms with Gasteiger partial charge in [-0.2, -0.15) is 0 Å². The van der Waals surface area contributed by atoms with Crippen LogP contribution in [0.3, 0.4) is 0 Å². The van der Waals surface area contributed by atoms with Gasteiger partial charge in [0.2, 0.25) is 0 Å². The van der Waals surface area contributed by atoms with Crippen LogP contribution in [0.15, 0.2) is 54.6 Å². The van der Waals surface area contributed by atoms with Crippen molar-refractivity contribution in [3.8, 4) is 5.75 Å². The summed E-state index contributed by atoms with van der Waals surface area (Å²) in [6, 6.07) is 19.0. The molecular weight excluding hydrogens is 310 g/mol. The van der Waals surface area contributed by atoms with Gasteiger partial charge in [0.05, 0.1) is 7.11 Å². The molecule has 25 heavy (non-hydrogen) atoms. The first kappa shape index (κ1) is 17.9. The average molecular weight is 339 g/mol. The van der Waals surface area contributed by atoms with E-state index >= 15 is 0 Å². The maximum atomic E-state index is 5.40. The normalized spacial score (nSPS) is 16.0. The molecule has 0 spiro atoms. The zero-order valence-corrected chi connectivity index (χ0v) is 15.2. The van der Waals surface area contributed by atoms with Crippen molar-refractivity contribution in [3.63, 3.8) is 0 Å². The summed E-state index contributed by atoms with van der Waals surface area (Å²) in [5, 5.41) is 3.54. The zero-order chi connectivity index (χ0) is 17.3. The summed E-state index contributed by atoms with van der Waals surface area (Å²) in [4.78, 5) is 5.10. The Bertz CT molecular complexity index is 624. The molecule has 4 heteroatoms. The third-order valence-electron chi connectivity index (χ3n) is 4.83. The molecule has 1 aliphatic heterocycles. The lowest BCUT2D eigenvalue weighted by Gasteiger charge is -2.34. The van der Waals surface area contributed by atoms with Gasteiger partial charge in [-0.25, -0.2) is 0 Å². The molecule has 0 atom stereocenters. The predicted molar refractivity (Wildman–Crippen MR) is 103 cm³/mol. The van der Waals surface area contributed by atoms with Crippen molar-refractivity contribution in [2.75, 3.05) is 46.4 Å². The number of hydrogen-bond donors (Lipinski definition) is 1. The fourth-order valence-corrected chi connectivity index (χ4v) is 3.32. The molecule has 134 valence electrons. The van der Waals surface area contributed by atoms with E-state index < -0.39 is 0 Å². The predicted octanol–water partition coefficient (Wildman–Crippen LogP) is 2.60. The topological polar surface area (TPSA) is 27.7 Å². The second-order valence-corrected chi connectivity index (χ2v) is 6.59. The molecule has 0 radical (unpaired) electrons. The monoisotopic (exact) mass is 339 g/mol. The van der Waals surface area contributed by atoms with Gasteiger partial charge in [-0.15, -0.1) is 0 Å². The van der Waals surface area contributed by atoms with Gasteiger partial charge in [0.15, 0.2) is 0 Å². The van der Waals surface area contributed by atoms with E-state index in [1.165, 1.54) is 11.1 Å². The summed E-state index contributed by atoms with van der Waals surface area (Å²) in [7, 11) is 1.73. The standard InChI is InChI=1S/C21H29N3O/c1-25-21-10-6-5-9-20(21)17-22-11-12-23-13-15-24(16-14-23)18-19-7-3-2-4-8-19/h2-10,22H,11-18H2,1H3. The van der Waals surface area contributed by atoms with Crippen molar-refractivity contribution in [2.45, 2.75) is 13.1 Å². The van der Waals surface area contributed by atoms with Crippen LogP contribution in [0.4, 0.5) is 0 Å². The summed E-state index contributed by atoms with van der Waals surface area (Å²) >= 11 is 0. The number of para-hydroxylation sites is 1. The van der Waals surface area contributed by atoms with E-state index in [9.17, 15) is 0 Å². The van der Waals surface area contributed by atoms with Crippen molar-refractivity contribution in [2.24, 2.45) is 0 Å². The second kappa shape index (κ2) is 9.56. The smallest absolute Gasteiger partial charge is 0.123 e. The molecule has 0 bridgehead atoms. The van der Waals surface area contributed by atoms with Gasteiger partial charge in [0, 0.05) is 57.9 Å². The second-order valence-electron chi connectivity index (χ2n) is 6.59. The van der Waals surface area contributed by atoms with Gasteiger partial charge in [-0.1, -0.05) is 48.5 Å². The summed E-state index contributed by atoms with van der Waals surface area (Å²) in [5.74, 6) is 0.963. The average Bonchev–Trinajstić information content (AvgIpc) is 2.67. The largest absolute Gasteiger partial charge is 0.496 e. The lowest BCUT2D eigenvalue weighted by molar-refractivity contribution is 0.127. The quantitative estimate of drug-likeness (QED) is 0.748. The van der Waals surface area contributed by atoms with Gasteiger partial charge < -0.3 is 10.1 Å². The lowest BCUT2D eigenvalue weighted by atomic mass is 10.2. The fourth-order valence-electron chi connectivity index (χ4n) is 3.32. The summed E-state index contributed by atoms with van der Waals surface area (Å²) in [6.45, 7) is 8.67. The molecule has 0 aromatic heterocycles. The first-order valence-corrected chi connectivity index (χ1v) is 9.16. The van der Waals surface area contributed by atoms with Crippen LogP contribution in [0.25, 0.3) is 0 Å². The summed E-state index contributed by atoms with van der Waals surface area (Å²) < 4.78 is 5.40. The molecule has 4 nitrogen and oxygen atoms in total. The Morgan fingerprint density at radius 1 is 0.880 bits per heavy atom. The minimum absolute atomic E-state index is 0.859. The van der Waals surface area contributed by atoms with E-state index in [2.05, 4.69) is 57.6 Å².